The molecule has 4 heteroatoms. The Labute approximate surface area is 137 Å². The molecule has 1 saturated heterocycles. The van der Waals surface area contributed by atoms with Gasteiger partial charge in [-0.05, 0) is 36.5 Å². The molecule has 1 aromatic heterocycles. The fourth-order valence-corrected chi connectivity index (χ4v) is 2.84. The van der Waals surface area contributed by atoms with Gasteiger partial charge in [-0.15, -0.1) is 0 Å². The van der Waals surface area contributed by atoms with E-state index >= 15 is 0 Å². The van der Waals surface area contributed by atoms with E-state index in [-0.39, 0.29) is 5.91 Å². The lowest BCUT2D eigenvalue weighted by Gasteiger charge is -2.31. The molecular weight excluding hydrogens is 286 g/mol. The average Bonchev–Trinajstić information content (AvgIpc) is 2.61. The summed E-state index contributed by atoms with van der Waals surface area (Å²) in [5.74, 6) is 0.676. The molecule has 1 N–H and O–H groups in total. The summed E-state index contributed by atoms with van der Waals surface area (Å²) in [5.41, 5.74) is 2.66. The lowest BCUT2D eigenvalue weighted by Crippen LogP contribution is -2.33. The molecule has 0 bridgehead atoms. The molecule has 2 heterocycles. The Morgan fingerprint density at radius 2 is 1.91 bits per heavy atom. The van der Waals surface area contributed by atoms with Crippen LogP contribution in [0.5, 0.6) is 0 Å². The number of hydrogen-bond donors (Lipinski definition) is 1. The van der Waals surface area contributed by atoms with Gasteiger partial charge in [0.2, 0.25) is 0 Å². The van der Waals surface area contributed by atoms with Crippen molar-refractivity contribution in [2.24, 2.45) is 5.92 Å². The number of carbonyl (C=O) groups is 1. The summed E-state index contributed by atoms with van der Waals surface area (Å²) in [7, 11) is 0. The molecule has 2 aromatic rings. The van der Waals surface area contributed by atoms with E-state index in [1.165, 1.54) is 12.8 Å². The first-order valence-corrected chi connectivity index (χ1v) is 8.25. The summed E-state index contributed by atoms with van der Waals surface area (Å²) in [6.07, 6.45) is 4.26. The van der Waals surface area contributed by atoms with Crippen LogP contribution in [-0.2, 0) is 6.54 Å². The Balaban J connectivity index is 1.57. The van der Waals surface area contributed by atoms with Crippen molar-refractivity contribution in [3.8, 4) is 0 Å². The highest BCUT2D eigenvalue weighted by Crippen LogP contribution is 2.22. The standard InChI is InChI=1S/C19H23N3O/c1-15-9-11-22(12-10-15)17-7-8-18(20-14-17)19(23)21-13-16-5-3-2-4-6-16/h2-8,14-15H,9-13H2,1H3,(H,21,23). The van der Waals surface area contributed by atoms with Crippen molar-refractivity contribution in [2.75, 3.05) is 18.0 Å². The molecule has 4 nitrogen and oxygen atoms in total. The minimum Gasteiger partial charge on any atom is -0.370 e. The molecule has 0 spiro atoms. The van der Waals surface area contributed by atoms with Crippen LogP contribution in [-0.4, -0.2) is 24.0 Å². The van der Waals surface area contributed by atoms with Crippen LogP contribution in [0.25, 0.3) is 0 Å². The highest BCUT2D eigenvalue weighted by atomic mass is 16.1. The van der Waals surface area contributed by atoms with E-state index < -0.39 is 0 Å². The Morgan fingerprint density at radius 1 is 1.17 bits per heavy atom. The Bertz CT molecular complexity index is 631. The molecule has 3 rings (SSSR count). The van der Waals surface area contributed by atoms with Gasteiger partial charge >= 0.3 is 0 Å². The fourth-order valence-electron chi connectivity index (χ4n) is 2.84. The van der Waals surface area contributed by atoms with Gasteiger partial charge in [0.15, 0.2) is 0 Å². The number of benzene rings is 1. The number of anilines is 1. The van der Waals surface area contributed by atoms with Crippen LogP contribution in [0.2, 0.25) is 0 Å². The second-order valence-corrected chi connectivity index (χ2v) is 6.24. The van der Waals surface area contributed by atoms with Gasteiger partial charge in [-0.25, -0.2) is 4.98 Å². The fraction of sp³-hybridized carbons (Fsp3) is 0.368. The van der Waals surface area contributed by atoms with Gasteiger partial charge in [-0.2, -0.15) is 0 Å². The Morgan fingerprint density at radius 3 is 2.57 bits per heavy atom. The molecule has 120 valence electrons. The van der Waals surface area contributed by atoms with E-state index in [9.17, 15) is 4.79 Å². The normalized spacial score (nSPS) is 15.4. The highest BCUT2D eigenvalue weighted by Gasteiger charge is 2.16. The van der Waals surface area contributed by atoms with Crippen LogP contribution in [0.4, 0.5) is 5.69 Å². The minimum atomic E-state index is -0.132. The third-order valence-corrected chi connectivity index (χ3v) is 4.43. The first kappa shape index (κ1) is 15.5. The molecule has 1 aliphatic rings. The zero-order valence-corrected chi connectivity index (χ0v) is 13.5. The first-order valence-electron chi connectivity index (χ1n) is 8.25. The maximum Gasteiger partial charge on any atom is 0.270 e. The van der Waals surface area contributed by atoms with E-state index in [1.54, 1.807) is 0 Å². The summed E-state index contributed by atoms with van der Waals surface area (Å²) in [6.45, 7) is 4.97. The van der Waals surface area contributed by atoms with Crippen molar-refractivity contribution < 1.29 is 4.79 Å². The lowest BCUT2D eigenvalue weighted by atomic mass is 9.99. The van der Waals surface area contributed by atoms with Gasteiger partial charge in [-0.1, -0.05) is 37.3 Å². The molecule has 0 atom stereocenters. The van der Waals surface area contributed by atoms with E-state index in [4.69, 9.17) is 0 Å². The van der Waals surface area contributed by atoms with Gasteiger partial charge in [0.25, 0.3) is 5.91 Å². The number of nitrogens with zero attached hydrogens (tertiary/aromatic N) is 2. The molecule has 0 unspecified atom stereocenters. The summed E-state index contributed by atoms with van der Waals surface area (Å²) in [4.78, 5) is 18.8. The smallest absolute Gasteiger partial charge is 0.270 e. The summed E-state index contributed by atoms with van der Waals surface area (Å²) in [5, 5.41) is 2.90. The van der Waals surface area contributed by atoms with Crippen molar-refractivity contribution in [3.05, 3.63) is 59.9 Å². The molecule has 1 aliphatic heterocycles. The van der Waals surface area contributed by atoms with Crippen LogP contribution in [0.3, 0.4) is 0 Å². The number of piperidine rings is 1. The second kappa shape index (κ2) is 7.27. The van der Waals surface area contributed by atoms with Crippen LogP contribution >= 0.6 is 0 Å². The van der Waals surface area contributed by atoms with E-state index in [0.29, 0.717) is 12.2 Å². The van der Waals surface area contributed by atoms with Crippen molar-refractivity contribution in [3.63, 3.8) is 0 Å². The van der Waals surface area contributed by atoms with Crippen LogP contribution < -0.4 is 10.2 Å². The quantitative estimate of drug-likeness (QED) is 0.943. The van der Waals surface area contributed by atoms with Crippen molar-refractivity contribution in [2.45, 2.75) is 26.3 Å². The third-order valence-electron chi connectivity index (χ3n) is 4.43. The summed E-state index contributed by atoms with van der Waals surface area (Å²) in [6, 6.07) is 13.7. The number of hydrogen-bond acceptors (Lipinski definition) is 3. The maximum atomic E-state index is 12.2. The average molecular weight is 309 g/mol. The minimum absolute atomic E-state index is 0.132. The molecule has 0 radical (unpaired) electrons. The van der Waals surface area contributed by atoms with Gasteiger partial charge in [-0.3, -0.25) is 4.79 Å². The number of aromatic nitrogens is 1. The predicted molar refractivity (Wildman–Crippen MR) is 92.5 cm³/mol. The largest absolute Gasteiger partial charge is 0.370 e. The molecule has 1 amide bonds. The first-order chi connectivity index (χ1) is 11.2. The van der Waals surface area contributed by atoms with Gasteiger partial charge in [0.1, 0.15) is 5.69 Å². The molecule has 0 aliphatic carbocycles. The van der Waals surface area contributed by atoms with Crippen molar-refractivity contribution >= 4 is 11.6 Å². The maximum absolute atomic E-state index is 12.2. The zero-order valence-electron chi connectivity index (χ0n) is 13.5. The molecule has 0 saturated carbocycles. The van der Waals surface area contributed by atoms with Gasteiger partial charge < -0.3 is 10.2 Å². The second-order valence-electron chi connectivity index (χ2n) is 6.24. The number of nitrogens with one attached hydrogen (secondary N) is 1. The SMILES string of the molecule is CC1CCN(c2ccc(C(=O)NCc3ccccc3)nc2)CC1. The van der Waals surface area contributed by atoms with Crippen LogP contribution in [0.15, 0.2) is 48.7 Å². The Kier molecular flexibility index (Phi) is 4.91. The molecule has 1 fully saturated rings. The number of carbonyl (C=O) groups excluding carboxylic acids is 1. The van der Waals surface area contributed by atoms with Crippen molar-refractivity contribution in [1.82, 2.24) is 10.3 Å². The number of pyridine rings is 1. The third kappa shape index (κ3) is 4.09. The molecule has 1 aromatic carbocycles. The van der Waals surface area contributed by atoms with Gasteiger partial charge in [0, 0.05) is 19.6 Å². The van der Waals surface area contributed by atoms with Gasteiger partial charge in [0.05, 0.1) is 11.9 Å². The molecular formula is C19H23N3O. The van der Waals surface area contributed by atoms with Crippen molar-refractivity contribution in [1.29, 1.82) is 0 Å². The number of amides is 1. The lowest BCUT2D eigenvalue weighted by molar-refractivity contribution is 0.0946. The summed E-state index contributed by atoms with van der Waals surface area (Å²) >= 11 is 0. The molecule has 23 heavy (non-hydrogen) atoms. The number of rotatable bonds is 4. The summed E-state index contributed by atoms with van der Waals surface area (Å²) < 4.78 is 0. The van der Waals surface area contributed by atoms with E-state index in [0.717, 1.165) is 30.3 Å². The monoisotopic (exact) mass is 309 g/mol. The van der Waals surface area contributed by atoms with Crippen LogP contribution in [0, 0.1) is 5.92 Å². The zero-order chi connectivity index (χ0) is 16.1. The predicted octanol–water partition coefficient (Wildman–Crippen LogP) is 3.25. The van der Waals surface area contributed by atoms with E-state index in [1.807, 2.05) is 48.7 Å². The topological polar surface area (TPSA) is 45.2 Å². The van der Waals surface area contributed by atoms with Crippen LogP contribution in [0.1, 0.15) is 35.8 Å². The van der Waals surface area contributed by atoms with E-state index in [2.05, 4.69) is 22.1 Å². The Hall–Kier alpha value is -2.36. The highest BCUT2D eigenvalue weighted by molar-refractivity contribution is 5.92.